The first-order valence-electron chi connectivity index (χ1n) is 9.33. The maximum atomic E-state index is 6.06. The molecule has 27 heavy (non-hydrogen) atoms. The Balaban J connectivity index is 2.04. The molecule has 0 saturated heterocycles. The highest BCUT2D eigenvalue weighted by atomic mass is 16.5. The van der Waals surface area contributed by atoms with Crippen LogP contribution in [0.5, 0.6) is 11.5 Å². The number of aromatic amines is 1. The van der Waals surface area contributed by atoms with Gasteiger partial charge in [0.1, 0.15) is 11.5 Å². The van der Waals surface area contributed by atoms with Gasteiger partial charge < -0.3 is 14.5 Å². The molecule has 1 aromatic heterocycles. The minimum Gasteiger partial charge on any atom is -0.493 e. The highest BCUT2D eigenvalue weighted by molar-refractivity contribution is 6.17. The Morgan fingerprint density at radius 1 is 0.852 bits per heavy atom. The lowest BCUT2D eigenvalue weighted by molar-refractivity contribution is 0.328. The summed E-state index contributed by atoms with van der Waals surface area (Å²) in [5.74, 6) is 1.62. The van der Waals surface area contributed by atoms with E-state index in [0.29, 0.717) is 13.2 Å². The molecule has 0 spiro atoms. The van der Waals surface area contributed by atoms with Gasteiger partial charge in [-0.15, -0.1) is 0 Å². The monoisotopic (exact) mass is 356 g/mol. The van der Waals surface area contributed by atoms with Gasteiger partial charge in [0.25, 0.3) is 0 Å². The zero-order valence-corrected chi connectivity index (χ0v) is 15.4. The van der Waals surface area contributed by atoms with E-state index >= 15 is 0 Å². The highest BCUT2D eigenvalue weighted by Crippen LogP contribution is 2.46. The summed E-state index contributed by atoms with van der Waals surface area (Å²) in [7, 11) is 0. The molecule has 5 rings (SSSR count). The number of fused-ring (bicyclic) bond motifs is 7. The lowest BCUT2D eigenvalue weighted by Gasteiger charge is -2.07. The van der Waals surface area contributed by atoms with Crippen LogP contribution in [0.15, 0.2) is 54.6 Å². The van der Waals surface area contributed by atoms with Gasteiger partial charge in [0.05, 0.1) is 40.9 Å². The fourth-order valence-corrected chi connectivity index (χ4v) is 3.89. The van der Waals surface area contributed by atoms with Gasteiger partial charge in [-0.2, -0.15) is 0 Å². The molecule has 0 radical (unpaired) electrons. The zero-order valence-electron chi connectivity index (χ0n) is 15.4. The van der Waals surface area contributed by atoms with Gasteiger partial charge in [-0.25, -0.2) is 4.98 Å². The van der Waals surface area contributed by atoms with Crippen LogP contribution in [0.25, 0.3) is 44.0 Å². The van der Waals surface area contributed by atoms with Gasteiger partial charge in [-0.1, -0.05) is 36.4 Å². The van der Waals surface area contributed by atoms with Crippen LogP contribution < -0.4 is 9.47 Å². The van der Waals surface area contributed by atoms with Gasteiger partial charge in [-0.05, 0) is 26.0 Å². The molecule has 0 bridgehead atoms. The molecule has 2 heterocycles. The molecule has 0 saturated carbocycles. The molecule has 4 heteroatoms. The third kappa shape index (κ3) is 2.33. The number of hydrogen-bond donors (Lipinski definition) is 1. The maximum absolute atomic E-state index is 6.06. The van der Waals surface area contributed by atoms with Crippen molar-refractivity contribution in [3.05, 3.63) is 54.6 Å². The number of aromatic nitrogens is 2. The summed E-state index contributed by atoms with van der Waals surface area (Å²) in [6, 6.07) is 18.5. The van der Waals surface area contributed by atoms with E-state index in [1.807, 2.05) is 50.2 Å². The number of H-pyrrole nitrogens is 1. The van der Waals surface area contributed by atoms with Gasteiger partial charge in [0.15, 0.2) is 0 Å². The van der Waals surface area contributed by atoms with E-state index in [0.717, 1.165) is 55.5 Å². The summed E-state index contributed by atoms with van der Waals surface area (Å²) in [4.78, 5) is 8.53. The van der Waals surface area contributed by atoms with E-state index in [1.54, 1.807) is 0 Å². The predicted molar refractivity (Wildman–Crippen MR) is 110 cm³/mol. The molecule has 3 aromatic rings. The highest BCUT2D eigenvalue weighted by Gasteiger charge is 2.23. The van der Waals surface area contributed by atoms with Gasteiger partial charge >= 0.3 is 0 Å². The van der Waals surface area contributed by atoms with Crippen LogP contribution in [0.3, 0.4) is 0 Å². The van der Waals surface area contributed by atoms with Crippen molar-refractivity contribution >= 4 is 32.7 Å². The van der Waals surface area contributed by atoms with Gasteiger partial charge in [-0.3, -0.25) is 0 Å². The number of hydrogen-bond acceptors (Lipinski definition) is 3. The first kappa shape index (κ1) is 15.9. The number of ether oxygens (including phenoxy) is 2. The Morgan fingerprint density at radius 3 is 2.37 bits per heavy atom. The number of para-hydroxylation sites is 2. The summed E-state index contributed by atoms with van der Waals surface area (Å²) < 4.78 is 12.1. The maximum Gasteiger partial charge on any atom is 0.133 e. The molecule has 134 valence electrons. The van der Waals surface area contributed by atoms with E-state index in [9.17, 15) is 0 Å². The minimum absolute atomic E-state index is 0.582. The van der Waals surface area contributed by atoms with Crippen molar-refractivity contribution in [2.75, 3.05) is 13.2 Å². The van der Waals surface area contributed by atoms with E-state index in [2.05, 4.69) is 23.2 Å². The first-order chi connectivity index (χ1) is 13.3. The molecule has 1 aliphatic carbocycles. The SMILES string of the molecule is CCOc1cc(OCC)c2c([nH]c3ccccc32)c2nc3ccccc3c1-2. The van der Waals surface area contributed by atoms with E-state index in [-0.39, 0.29) is 0 Å². The lowest BCUT2D eigenvalue weighted by atomic mass is 10.1. The smallest absolute Gasteiger partial charge is 0.133 e. The molecular weight excluding hydrogens is 336 g/mol. The number of benzene rings is 2. The second-order valence-electron chi connectivity index (χ2n) is 6.51. The topological polar surface area (TPSA) is 47.1 Å². The predicted octanol–water partition coefficient (Wildman–Crippen LogP) is 5.77. The molecule has 1 aliphatic heterocycles. The van der Waals surface area contributed by atoms with Crippen molar-refractivity contribution in [3.63, 3.8) is 0 Å². The lowest BCUT2D eigenvalue weighted by Crippen LogP contribution is -1.94. The molecular formula is C23H20N2O2. The largest absolute Gasteiger partial charge is 0.493 e. The van der Waals surface area contributed by atoms with E-state index in [4.69, 9.17) is 14.5 Å². The zero-order chi connectivity index (χ0) is 18.4. The Hall–Kier alpha value is -3.27. The van der Waals surface area contributed by atoms with Crippen molar-refractivity contribution in [3.8, 4) is 22.8 Å². The molecule has 4 nitrogen and oxygen atoms in total. The van der Waals surface area contributed by atoms with Gasteiger partial charge in [0.2, 0.25) is 0 Å². The Kier molecular flexibility index (Phi) is 3.64. The van der Waals surface area contributed by atoms with E-state index in [1.165, 1.54) is 0 Å². The second kappa shape index (κ2) is 6.16. The molecule has 2 aliphatic rings. The molecule has 2 aromatic carbocycles. The normalized spacial score (nSPS) is 11.6. The van der Waals surface area contributed by atoms with Crippen LogP contribution >= 0.6 is 0 Å². The van der Waals surface area contributed by atoms with Crippen LogP contribution in [0.4, 0.5) is 0 Å². The summed E-state index contributed by atoms with van der Waals surface area (Å²) in [6.45, 7) is 5.17. The van der Waals surface area contributed by atoms with Crippen LogP contribution in [-0.4, -0.2) is 23.2 Å². The van der Waals surface area contributed by atoms with Crippen molar-refractivity contribution < 1.29 is 9.47 Å². The minimum atomic E-state index is 0.582. The van der Waals surface area contributed by atoms with Gasteiger partial charge in [0, 0.05) is 22.4 Å². The van der Waals surface area contributed by atoms with Crippen molar-refractivity contribution in [2.24, 2.45) is 0 Å². The van der Waals surface area contributed by atoms with Crippen LogP contribution in [0.2, 0.25) is 0 Å². The standard InChI is InChI=1S/C23H20N2O2/c1-3-26-18-13-19(27-4-2)21-15-10-6-8-12-17(15)25-23(21)22-20(18)14-9-5-7-11-16(14)24-22/h5-13,24H,3-4H2,1-2H3. The fourth-order valence-electron chi connectivity index (χ4n) is 3.89. The van der Waals surface area contributed by atoms with Crippen molar-refractivity contribution in [2.45, 2.75) is 13.8 Å². The third-order valence-corrected chi connectivity index (χ3v) is 4.94. The number of rotatable bonds is 4. The summed E-state index contributed by atoms with van der Waals surface area (Å²) >= 11 is 0. The molecule has 0 amide bonds. The van der Waals surface area contributed by atoms with Crippen LogP contribution in [0, 0.1) is 0 Å². The Morgan fingerprint density at radius 2 is 1.56 bits per heavy atom. The van der Waals surface area contributed by atoms with Crippen LogP contribution in [0.1, 0.15) is 13.8 Å². The molecule has 1 N–H and O–H groups in total. The number of nitrogens with one attached hydrogen (secondary N) is 1. The second-order valence-corrected chi connectivity index (χ2v) is 6.51. The average molecular weight is 356 g/mol. The quantitative estimate of drug-likeness (QED) is 0.444. The summed E-state index contributed by atoms with van der Waals surface area (Å²) in [5, 5.41) is 3.27. The van der Waals surface area contributed by atoms with Crippen molar-refractivity contribution in [1.82, 2.24) is 9.97 Å². The van der Waals surface area contributed by atoms with Crippen molar-refractivity contribution in [1.29, 1.82) is 0 Å². The third-order valence-electron chi connectivity index (χ3n) is 4.94. The summed E-state index contributed by atoms with van der Waals surface area (Å²) in [6.07, 6.45) is 0. The Bertz CT molecular complexity index is 1260. The number of nitrogens with zero attached hydrogens (tertiary/aromatic N) is 1. The molecule has 0 fully saturated rings. The fraction of sp³-hybridized carbons (Fsp3) is 0.174. The Labute approximate surface area is 157 Å². The average Bonchev–Trinajstić information content (AvgIpc) is 3.22. The van der Waals surface area contributed by atoms with E-state index < -0.39 is 0 Å². The summed E-state index contributed by atoms with van der Waals surface area (Å²) in [5.41, 5.74) is 4.96. The van der Waals surface area contributed by atoms with Crippen LogP contribution in [-0.2, 0) is 0 Å². The molecule has 0 unspecified atom stereocenters. The first-order valence-corrected chi connectivity index (χ1v) is 9.33. The molecule has 0 atom stereocenters.